The average molecular weight is 490 g/mol. The molecule has 1 rings (SSSR count). The molecule has 1 heterocycles. The van der Waals surface area contributed by atoms with Crippen molar-refractivity contribution in [3.05, 3.63) is 34.6 Å². The quantitative estimate of drug-likeness (QED) is 0.330. The van der Waals surface area contributed by atoms with E-state index in [2.05, 4.69) is 17.2 Å². The summed E-state index contributed by atoms with van der Waals surface area (Å²) < 4.78 is 0. The molecule has 0 N–H and O–H groups in total. The van der Waals surface area contributed by atoms with Crippen molar-refractivity contribution < 1.29 is 47.1 Å². The van der Waals surface area contributed by atoms with Crippen LogP contribution in [-0.2, 0) is 42.1 Å². The minimum absolute atomic E-state index is 0. The third-order valence-corrected chi connectivity index (χ3v) is 0.743. The molecule has 1 aromatic rings. The molecule has 0 amide bonds. The predicted molar refractivity (Wildman–Crippen MR) is 28.6 cm³/mol. The maximum absolute atomic E-state index is 9.92. The van der Waals surface area contributed by atoms with E-state index in [4.69, 9.17) is 0 Å². The zero-order valence-electron chi connectivity index (χ0n) is 5.18. The number of aromatic nitrogens is 1. The van der Waals surface area contributed by atoms with Crippen LogP contribution in [0.15, 0.2) is 12.3 Å². The van der Waals surface area contributed by atoms with Gasteiger partial charge in [-0.3, -0.25) is 28.4 Å². The van der Waals surface area contributed by atoms with Crippen LogP contribution in [0.2, 0.25) is 0 Å². The number of rotatable bonds is 1. The van der Waals surface area contributed by atoms with E-state index in [9.17, 15) is 10.1 Å². The Morgan fingerprint density at radius 3 is 2.45 bits per heavy atom. The Labute approximate surface area is 92.1 Å². The Hall–Kier alpha value is -0.0734. The summed E-state index contributed by atoms with van der Waals surface area (Å²) in [6, 6.07) is 3.63. The van der Waals surface area contributed by atoms with Gasteiger partial charge < -0.3 is 4.98 Å². The number of nitrogens with zero attached hydrogens (tertiary/aromatic N) is 2. The molecule has 0 aliphatic heterocycles. The molecule has 0 atom stereocenters. The van der Waals surface area contributed by atoms with Crippen LogP contribution in [0.4, 0.5) is 5.69 Å². The van der Waals surface area contributed by atoms with Gasteiger partial charge in [-0.15, -0.1) is 6.20 Å². The SMILES string of the molecule is O=[N+]([O-])c1[c-]c[c-]nc1.[W].[W]. The second-order valence-corrected chi connectivity index (χ2v) is 1.32. The first kappa shape index (κ1) is 13.5. The molecular formula is C5H2N2O2W2-2. The van der Waals surface area contributed by atoms with Crippen LogP contribution >= 0.6 is 0 Å². The summed E-state index contributed by atoms with van der Waals surface area (Å²) in [7, 11) is 0. The van der Waals surface area contributed by atoms with Crippen molar-refractivity contribution in [3.63, 3.8) is 0 Å². The second kappa shape index (κ2) is 6.63. The van der Waals surface area contributed by atoms with Gasteiger partial charge in [-0.1, -0.05) is 0 Å². The summed E-state index contributed by atoms with van der Waals surface area (Å²) in [6.07, 6.45) is 3.47. The number of hydrogen-bond acceptors (Lipinski definition) is 3. The molecule has 0 saturated heterocycles. The minimum atomic E-state index is -0.555. The van der Waals surface area contributed by atoms with Gasteiger partial charge in [0.25, 0.3) is 0 Å². The van der Waals surface area contributed by atoms with Crippen molar-refractivity contribution in [3.8, 4) is 0 Å². The van der Waals surface area contributed by atoms with Gasteiger partial charge in [-0.05, 0) is 0 Å². The summed E-state index contributed by atoms with van der Waals surface area (Å²) in [5.41, 5.74) is -0.131. The van der Waals surface area contributed by atoms with E-state index in [1.807, 2.05) is 0 Å². The van der Waals surface area contributed by atoms with Crippen molar-refractivity contribution in [2.75, 3.05) is 0 Å². The van der Waals surface area contributed by atoms with Gasteiger partial charge in [0.1, 0.15) is 0 Å². The van der Waals surface area contributed by atoms with E-state index in [-0.39, 0.29) is 47.8 Å². The minimum Gasteiger partial charge on any atom is -0.523 e. The van der Waals surface area contributed by atoms with E-state index < -0.39 is 4.92 Å². The van der Waals surface area contributed by atoms with E-state index in [1.54, 1.807) is 0 Å². The molecule has 58 valence electrons. The molecule has 0 fully saturated rings. The first-order chi connectivity index (χ1) is 4.30. The van der Waals surface area contributed by atoms with Gasteiger partial charge in [-0.25, -0.2) is 0 Å². The Kier molecular flexibility index (Phi) is 8.14. The van der Waals surface area contributed by atoms with Gasteiger partial charge in [-0.2, -0.15) is 0 Å². The zero-order valence-corrected chi connectivity index (χ0v) is 11.0. The average Bonchev–Trinajstić information content (AvgIpc) is 1.90. The normalized spacial score (nSPS) is 7.27. The first-order valence-corrected chi connectivity index (χ1v) is 2.19. The van der Waals surface area contributed by atoms with Crippen LogP contribution in [0.3, 0.4) is 0 Å². The molecule has 4 nitrogen and oxygen atoms in total. The van der Waals surface area contributed by atoms with Crippen LogP contribution in [0.25, 0.3) is 0 Å². The molecule has 11 heavy (non-hydrogen) atoms. The van der Waals surface area contributed by atoms with Crippen molar-refractivity contribution in [1.82, 2.24) is 4.98 Å². The van der Waals surface area contributed by atoms with E-state index in [1.165, 1.54) is 6.07 Å². The maximum Gasteiger partial charge on any atom is 0.0657 e. The first-order valence-electron chi connectivity index (χ1n) is 2.19. The van der Waals surface area contributed by atoms with Gasteiger partial charge in [0.05, 0.1) is 5.69 Å². The fourth-order valence-electron chi connectivity index (χ4n) is 0.379. The maximum atomic E-state index is 9.92. The standard InChI is InChI=1S/C5H2N2O2.2W/c8-7(9)5-2-1-3-6-4-5;;/h1,4H;;/q-2;;. The second-order valence-electron chi connectivity index (χ2n) is 1.32. The number of nitro groups is 1. The van der Waals surface area contributed by atoms with Crippen LogP contribution < -0.4 is 0 Å². The van der Waals surface area contributed by atoms with Crippen LogP contribution in [-0.4, -0.2) is 9.91 Å². The van der Waals surface area contributed by atoms with Gasteiger partial charge >= 0.3 is 0 Å². The van der Waals surface area contributed by atoms with Gasteiger partial charge in [0.15, 0.2) is 0 Å². The molecular weight excluding hydrogens is 488 g/mol. The van der Waals surface area contributed by atoms with E-state index >= 15 is 0 Å². The van der Waals surface area contributed by atoms with Crippen LogP contribution in [0, 0.1) is 22.4 Å². The number of pyridine rings is 1. The van der Waals surface area contributed by atoms with Gasteiger partial charge in [0, 0.05) is 47.1 Å². The van der Waals surface area contributed by atoms with Crippen LogP contribution in [0.5, 0.6) is 0 Å². The summed E-state index contributed by atoms with van der Waals surface area (Å²) >= 11 is 0. The molecule has 0 unspecified atom stereocenters. The largest absolute Gasteiger partial charge is 0.523 e. The predicted octanol–water partition coefficient (Wildman–Crippen LogP) is 0.585. The monoisotopic (exact) mass is 490 g/mol. The summed E-state index contributed by atoms with van der Waals surface area (Å²) in [5, 5.41) is 9.92. The van der Waals surface area contributed by atoms with Crippen molar-refractivity contribution in [1.29, 1.82) is 0 Å². The summed E-state index contributed by atoms with van der Waals surface area (Å²) in [4.78, 5) is 12.8. The molecule has 1 aromatic heterocycles. The topological polar surface area (TPSA) is 56.0 Å². The molecule has 6 heteroatoms. The summed E-state index contributed by atoms with van der Waals surface area (Å²) in [6.45, 7) is 0. The van der Waals surface area contributed by atoms with Gasteiger partial charge in [0.2, 0.25) is 0 Å². The molecule has 0 aliphatic rings. The van der Waals surface area contributed by atoms with E-state index in [0.717, 1.165) is 6.20 Å². The molecule has 0 bridgehead atoms. The molecule has 0 aromatic carbocycles. The van der Waals surface area contributed by atoms with Crippen molar-refractivity contribution in [2.24, 2.45) is 0 Å². The van der Waals surface area contributed by atoms with Crippen LogP contribution in [0.1, 0.15) is 0 Å². The Balaban J connectivity index is 0. The smallest absolute Gasteiger partial charge is 0.0657 e. The number of hydrogen-bond donors (Lipinski definition) is 0. The Morgan fingerprint density at radius 2 is 2.18 bits per heavy atom. The Morgan fingerprint density at radius 1 is 1.55 bits per heavy atom. The fourth-order valence-corrected chi connectivity index (χ4v) is 0.379. The molecule has 0 radical (unpaired) electrons. The fraction of sp³-hybridized carbons (Fsp3) is 0. The van der Waals surface area contributed by atoms with Crippen molar-refractivity contribution in [2.45, 2.75) is 0 Å². The Bertz CT molecular complexity index is 217. The molecule has 0 saturated carbocycles. The summed E-state index contributed by atoms with van der Waals surface area (Å²) in [5.74, 6) is 0. The molecule has 0 aliphatic carbocycles. The third-order valence-electron chi connectivity index (χ3n) is 0.743. The third kappa shape index (κ3) is 4.38. The van der Waals surface area contributed by atoms with E-state index in [0.29, 0.717) is 0 Å². The van der Waals surface area contributed by atoms with Crippen molar-refractivity contribution >= 4 is 5.69 Å². The molecule has 0 spiro atoms. The zero-order chi connectivity index (χ0) is 6.69.